The first-order valence-electron chi connectivity index (χ1n) is 8.03. The number of carbonyl (C=O) groups excluding carboxylic acids is 1. The van der Waals surface area contributed by atoms with Crippen molar-refractivity contribution in [3.63, 3.8) is 0 Å². The van der Waals surface area contributed by atoms with Crippen LogP contribution in [0.3, 0.4) is 0 Å². The Hall–Kier alpha value is -2.92. The fourth-order valence-electron chi connectivity index (χ4n) is 2.12. The number of aliphatic hydroxyl groups is 1. The fourth-order valence-corrected chi connectivity index (χ4v) is 4.07. The van der Waals surface area contributed by atoms with Crippen molar-refractivity contribution in [3.05, 3.63) is 46.6 Å². The highest BCUT2D eigenvalue weighted by Gasteiger charge is 2.37. The molecule has 3 N–H and O–H groups in total. The lowest BCUT2D eigenvalue weighted by Gasteiger charge is -2.28. The van der Waals surface area contributed by atoms with Crippen LogP contribution >= 0.6 is 11.3 Å². The van der Waals surface area contributed by atoms with Gasteiger partial charge in [-0.25, -0.2) is 18.2 Å². The van der Waals surface area contributed by atoms with Crippen LogP contribution in [-0.2, 0) is 14.8 Å². The number of carbonyl (C=O) groups is 2. The van der Waals surface area contributed by atoms with Crippen LogP contribution in [0.5, 0.6) is 0 Å². The van der Waals surface area contributed by atoms with E-state index in [9.17, 15) is 23.1 Å². The number of amides is 1. The number of nitrogens with one attached hydrogen (secondary N) is 1. The summed E-state index contributed by atoms with van der Waals surface area (Å²) < 4.78 is 48.1. The number of sulfonamides is 1. The van der Waals surface area contributed by atoms with Crippen molar-refractivity contribution >= 4 is 44.1 Å². The predicted octanol–water partition coefficient (Wildman–Crippen LogP) is 1.34. The zero-order valence-electron chi connectivity index (χ0n) is 15.1. The summed E-state index contributed by atoms with van der Waals surface area (Å²) in [6.45, 7) is -3.32. The largest absolute Gasteiger partial charge is 0.505 e. The average Bonchev–Trinajstić information content (AvgIpc) is 3.05. The molecule has 1 aromatic heterocycles. The monoisotopic (exact) mass is 385 g/mol. The van der Waals surface area contributed by atoms with E-state index < -0.39 is 45.2 Å². The van der Waals surface area contributed by atoms with Crippen molar-refractivity contribution in [2.75, 3.05) is 12.3 Å². The van der Waals surface area contributed by atoms with Gasteiger partial charge < -0.3 is 10.2 Å². The molecule has 9 nitrogen and oxygen atoms in total. The number of fused-ring (bicyclic) bond motifs is 1. The minimum Gasteiger partial charge on any atom is -0.505 e. The number of rotatable bonds is 3. The molecule has 2 aromatic rings. The molecule has 0 atom stereocenters. The van der Waals surface area contributed by atoms with Crippen LogP contribution in [0, 0.1) is 0 Å². The molecule has 0 unspecified atom stereocenters. The number of hydrogen-bond acceptors (Lipinski definition) is 7. The zero-order chi connectivity index (χ0) is 20.9. The molecule has 1 aliphatic heterocycles. The maximum absolute atomic E-state index is 12.8. The molecular weight excluding hydrogens is 371 g/mol. The van der Waals surface area contributed by atoms with Crippen molar-refractivity contribution in [2.24, 2.45) is 0 Å². The summed E-state index contributed by atoms with van der Waals surface area (Å²) in [5.74, 6) is -3.43. The number of anilines is 1. The highest BCUT2D eigenvalue weighted by molar-refractivity contribution is 7.89. The van der Waals surface area contributed by atoms with E-state index in [1.807, 2.05) is 0 Å². The molecular formula is C14H11N3O6S2. The van der Waals surface area contributed by atoms with E-state index in [-0.39, 0.29) is 19.9 Å². The molecule has 1 aromatic carbocycles. The third-order valence-electron chi connectivity index (χ3n) is 3.24. The summed E-state index contributed by atoms with van der Waals surface area (Å²) >= 11 is 0.573. The maximum Gasteiger partial charge on any atom is 0.347 e. The van der Waals surface area contributed by atoms with Crippen LogP contribution in [-0.4, -0.2) is 46.8 Å². The third kappa shape index (κ3) is 2.72. The van der Waals surface area contributed by atoms with Crippen molar-refractivity contribution in [1.29, 1.82) is 0 Å². The average molecular weight is 385 g/mol. The van der Waals surface area contributed by atoms with Gasteiger partial charge in [-0.05, 0) is 12.1 Å². The molecule has 11 heteroatoms. The van der Waals surface area contributed by atoms with E-state index in [1.54, 1.807) is 0 Å². The number of carboxylic acid groups (broad SMARTS) is 1. The van der Waals surface area contributed by atoms with Gasteiger partial charge in [0.15, 0.2) is 16.6 Å². The predicted molar refractivity (Wildman–Crippen MR) is 88.6 cm³/mol. The van der Waals surface area contributed by atoms with Crippen molar-refractivity contribution < 1.29 is 32.3 Å². The quantitative estimate of drug-likeness (QED) is 0.678. The molecule has 0 radical (unpaired) electrons. The maximum atomic E-state index is 12.8. The van der Waals surface area contributed by atoms with Gasteiger partial charge in [-0.1, -0.05) is 23.5 Å². The molecule has 0 fully saturated rings. The van der Waals surface area contributed by atoms with Gasteiger partial charge in [-0.2, -0.15) is 0 Å². The van der Waals surface area contributed by atoms with Crippen LogP contribution < -0.4 is 5.32 Å². The fraction of sp³-hybridized carbons (Fsp3) is 0.0714. The number of aromatic nitrogens is 1. The number of hydrogen-bond donors (Lipinski definition) is 3. The van der Waals surface area contributed by atoms with Gasteiger partial charge >= 0.3 is 5.97 Å². The Labute approximate surface area is 150 Å². The lowest BCUT2D eigenvalue weighted by molar-refractivity contribution is -0.113. The van der Waals surface area contributed by atoms with E-state index in [4.69, 9.17) is 9.22 Å². The number of carboxylic acids is 1. The smallest absolute Gasteiger partial charge is 0.347 e. The topological polar surface area (TPSA) is 137 Å². The molecule has 0 saturated heterocycles. The Morgan fingerprint density at radius 3 is 2.72 bits per heavy atom. The van der Waals surface area contributed by atoms with Gasteiger partial charge in [0, 0.05) is 16.7 Å². The van der Waals surface area contributed by atoms with Gasteiger partial charge in [-0.3, -0.25) is 14.4 Å². The number of thiazole rings is 1. The van der Waals surface area contributed by atoms with Gasteiger partial charge in [0.25, 0.3) is 15.9 Å². The highest BCUT2D eigenvalue weighted by atomic mass is 32.2. The molecule has 1 aliphatic rings. The van der Waals surface area contributed by atoms with Crippen LogP contribution in [0.4, 0.5) is 5.13 Å². The van der Waals surface area contributed by atoms with Crippen LogP contribution in [0.1, 0.15) is 19.3 Å². The molecule has 2 heterocycles. The second kappa shape index (κ2) is 5.86. The van der Waals surface area contributed by atoms with Gasteiger partial charge in [0.2, 0.25) is 0 Å². The summed E-state index contributed by atoms with van der Waals surface area (Å²) in [5, 5.41) is 21.3. The van der Waals surface area contributed by atoms with Crippen LogP contribution in [0.15, 0.2) is 41.1 Å². The van der Waals surface area contributed by atoms with Crippen molar-refractivity contribution in [3.8, 4) is 0 Å². The highest BCUT2D eigenvalue weighted by Crippen LogP contribution is 2.34. The SMILES string of the molecule is [2H][13C]([2H])([2H])N1C(C(=O)Nc2ncc(C(=O)O)s2)=C(O)c2ccccc2S1(=O)=O. The molecule has 0 saturated carbocycles. The standard InChI is InChI=1S/C14H11N3O6S2/c1-17-10(12(19)16-14-15-6-8(24-14)13(20)21)11(18)7-4-2-3-5-9(7)25(17,22)23/h2-6,18H,1H3,(H,20,21)(H,15,16,19)/i1+1D3. The number of aliphatic hydroxyl groups excluding tert-OH is 1. The Balaban J connectivity index is 2.14. The molecule has 130 valence electrons. The summed E-state index contributed by atoms with van der Waals surface area (Å²) in [7, 11) is -4.69. The summed E-state index contributed by atoms with van der Waals surface area (Å²) in [4.78, 5) is 26.5. The first-order valence-corrected chi connectivity index (χ1v) is 8.79. The zero-order valence-corrected chi connectivity index (χ0v) is 13.8. The van der Waals surface area contributed by atoms with Crippen molar-refractivity contribution in [1.82, 2.24) is 9.29 Å². The first kappa shape index (κ1) is 13.4. The van der Waals surface area contributed by atoms with Crippen LogP contribution in [0.25, 0.3) is 5.76 Å². The number of likely N-dealkylation sites (N-methyl/N-ethyl adjacent to an activating group) is 1. The van der Waals surface area contributed by atoms with E-state index in [0.29, 0.717) is 11.3 Å². The second-order valence-electron chi connectivity index (χ2n) is 4.75. The normalized spacial score (nSPS) is 17.9. The van der Waals surface area contributed by atoms with Gasteiger partial charge in [-0.15, -0.1) is 0 Å². The lowest BCUT2D eigenvalue weighted by atomic mass is 10.1. The Kier molecular flexibility index (Phi) is 3.14. The molecule has 1 amide bonds. The number of aromatic carboxylic acids is 1. The van der Waals surface area contributed by atoms with Crippen molar-refractivity contribution in [2.45, 2.75) is 4.90 Å². The van der Waals surface area contributed by atoms with E-state index >= 15 is 0 Å². The molecule has 3 rings (SSSR count). The molecule has 0 bridgehead atoms. The first-order chi connectivity index (χ1) is 12.9. The summed E-state index contributed by atoms with van der Waals surface area (Å²) in [5.41, 5.74) is -1.26. The Bertz CT molecular complexity index is 1120. The summed E-state index contributed by atoms with van der Waals surface area (Å²) in [6, 6.07) is 5.08. The number of nitrogens with zero attached hydrogens (tertiary/aromatic N) is 2. The van der Waals surface area contributed by atoms with E-state index in [1.165, 1.54) is 18.2 Å². The Morgan fingerprint density at radius 1 is 1.36 bits per heavy atom. The minimum atomic E-state index is -4.69. The lowest BCUT2D eigenvalue weighted by Crippen LogP contribution is -2.37. The van der Waals surface area contributed by atoms with Gasteiger partial charge in [0.05, 0.1) is 11.1 Å². The number of benzene rings is 1. The Morgan fingerprint density at radius 2 is 2.08 bits per heavy atom. The molecule has 0 spiro atoms. The van der Waals surface area contributed by atoms with E-state index in [0.717, 1.165) is 12.3 Å². The van der Waals surface area contributed by atoms with Crippen LogP contribution in [0.2, 0.25) is 0 Å². The van der Waals surface area contributed by atoms with Gasteiger partial charge in [0.1, 0.15) is 4.88 Å². The summed E-state index contributed by atoms with van der Waals surface area (Å²) in [6.07, 6.45) is 0.964. The second-order valence-corrected chi connectivity index (χ2v) is 7.54. The molecule has 25 heavy (non-hydrogen) atoms. The van der Waals surface area contributed by atoms with E-state index in [2.05, 4.69) is 10.3 Å². The third-order valence-corrected chi connectivity index (χ3v) is 5.72. The molecule has 0 aliphatic carbocycles. The minimum absolute atomic E-state index is 0.140.